The molecule has 8 heteroatoms. The SMILES string of the molecule is O=C(CSc1nc2ccccc2[nH]1)n1nc(Nc2ccc(O)cc2)cc1-c1ccccc1. The van der Waals surface area contributed by atoms with E-state index in [1.165, 1.54) is 16.4 Å². The van der Waals surface area contributed by atoms with Gasteiger partial charge < -0.3 is 15.4 Å². The normalized spacial score (nSPS) is 11.0. The molecule has 0 saturated carbocycles. The summed E-state index contributed by atoms with van der Waals surface area (Å²) < 4.78 is 1.42. The van der Waals surface area contributed by atoms with Gasteiger partial charge in [0.15, 0.2) is 11.0 Å². The number of phenolic OH excluding ortho intramolecular Hbond substituents is 1. The summed E-state index contributed by atoms with van der Waals surface area (Å²) in [7, 11) is 0. The number of para-hydroxylation sites is 2. The number of nitrogens with zero attached hydrogens (tertiary/aromatic N) is 3. The Bertz CT molecular complexity index is 1340. The highest BCUT2D eigenvalue weighted by Gasteiger charge is 2.17. The summed E-state index contributed by atoms with van der Waals surface area (Å²) in [5.41, 5.74) is 4.15. The number of H-pyrrole nitrogens is 1. The molecule has 3 aromatic carbocycles. The van der Waals surface area contributed by atoms with Crippen molar-refractivity contribution in [2.75, 3.05) is 11.1 Å². The molecule has 0 aliphatic rings. The highest BCUT2D eigenvalue weighted by atomic mass is 32.2. The summed E-state index contributed by atoms with van der Waals surface area (Å²) in [4.78, 5) is 20.9. The van der Waals surface area contributed by atoms with E-state index in [-0.39, 0.29) is 17.4 Å². The van der Waals surface area contributed by atoms with Crippen LogP contribution in [-0.4, -0.2) is 36.5 Å². The molecule has 5 rings (SSSR count). The van der Waals surface area contributed by atoms with Crippen molar-refractivity contribution >= 4 is 40.2 Å². The molecule has 0 bridgehead atoms. The van der Waals surface area contributed by atoms with Crippen LogP contribution in [0, 0.1) is 0 Å². The Morgan fingerprint density at radius 1 is 1.00 bits per heavy atom. The van der Waals surface area contributed by atoms with E-state index in [1.807, 2.05) is 60.7 Å². The Morgan fingerprint density at radius 3 is 2.53 bits per heavy atom. The number of aromatic nitrogens is 4. The first-order valence-electron chi connectivity index (χ1n) is 9.98. The van der Waals surface area contributed by atoms with Gasteiger partial charge >= 0.3 is 0 Å². The van der Waals surface area contributed by atoms with Crippen LogP contribution >= 0.6 is 11.8 Å². The summed E-state index contributed by atoms with van der Waals surface area (Å²) >= 11 is 1.34. The largest absolute Gasteiger partial charge is 0.508 e. The first-order valence-corrected chi connectivity index (χ1v) is 11.0. The number of nitrogens with one attached hydrogen (secondary N) is 2. The lowest BCUT2D eigenvalue weighted by molar-refractivity contribution is 0.0929. The zero-order chi connectivity index (χ0) is 21.9. The van der Waals surface area contributed by atoms with Gasteiger partial charge in [-0.15, -0.1) is 5.10 Å². The van der Waals surface area contributed by atoms with Crippen molar-refractivity contribution in [3.05, 3.63) is 84.9 Å². The summed E-state index contributed by atoms with van der Waals surface area (Å²) in [6.45, 7) is 0. The Morgan fingerprint density at radius 2 is 1.75 bits per heavy atom. The molecule has 0 aliphatic heterocycles. The molecular formula is C24H19N5O2S. The second kappa shape index (κ2) is 8.60. The van der Waals surface area contributed by atoms with Gasteiger partial charge in [-0.1, -0.05) is 54.2 Å². The third-order valence-corrected chi connectivity index (χ3v) is 5.71. The maximum absolute atomic E-state index is 13.1. The number of hydrogen-bond donors (Lipinski definition) is 3. The van der Waals surface area contributed by atoms with Crippen molar-refractivity contribution in [1.29, 1.82) is 0 Å². The molecule has 3 N–H and O–H groups in total. The van der Waals surface area contributed by atoms with Crippen molar-refractivity contribution in [3.8, 4) is 17.0 Å². The quantitative estimate of drug-likeness (QED) is 0.244. The van der Waals surface area contributed by atoms with Crippen molar-refractivity contribution in [1.82, 2.24) is 19.7 Å². The van der Waals surface area contributed by atoms with Crippen LogP contribution in [0.25, 0.3) is 22.3 Å². The standard InChI is InChI=1S/C24H19N5O2S/c30-18-12-10-17(11-13-18)25-22-14-21(16-6-2-1-3-7-16)29(28-22)23(31)15-32-24-26-19-8-4-5-9-20(19)27-24/h1-14,30H,15H2,(H,25,28)(H,26,27). The van der Waals surface area contributed by atoms with E-state index in [2.05, 4.69) is 20.4 Å². The molecule has 0 unspecified atom stereocenters. The molecule has 0 fully saturated rings. The molecule has 2 heterocycles. The van der Waals surface area contributed by atoms with Crippen LogP contribution in [0.3, 0.4) is 0 Å². The van der Waals surface area contributed by atoms with Gasteiger partial charge in [-0.25, -0.2) is 4.98 Å². The zero-order valence-electron chi connectivity index (χ0n) is 16.9. The molecule has 0 radical (unpaired) electrons. The minimum absolute atomic E-state index is 0.159. The number of carbonyl (C=O) groups is 1. The van der Waals surface area contributed by atoms with Gasteiger partial charge in [0, 0.05) is 17.3 Å². The van der Waals surface area contributed by atoms with Crippen molar-refractivity contribution in [2.45, 2.75) is 5.16 Å². The molecular weight excluding hydrogens is 422 g/mol. The smallest absolute Gasteiger partial charge is 0.257 e. The molecule has 0 spiro atoms. The number of anilines is 2. The fourth-order valence-electron chi connectivity index (χ4n) is 3.33. The van der Waals surface area contributed by atoms with Crippen LogP contribution < -0.4 is 5.32 Å². The van der Waals surface area contributed by atoms with E-state index < -0.39 is 0 Å². The first kappa shape index (κ1) is 19.9. The summed E-state index contributed by atoms with van der Waals surface area (Å²) in [6.07, 6.45) is 0. The fraction of sp³-hybridized carbons (Fsp3) is 0.0417. The number of rotatable bonds is 6. The Kier molecular flexibility index (Phi) is 5.35. The van der Waals surface area contributed by atoms with Crippen LogP contribution in [0.1, 0.15) is 4.79 Å². The number of aromatic hydroxyl groups is 1. The number of benzene rings is 3. The predicted molar refractivity (Wildman–Crippen MR) is 126 cm³/mol. The molecule has 0 aliphatic carbocycles. The lowest BCUT2D eigenvalue weighted by Gasteiger charge is -2.05. The van der Waals surface area contributed by atoms with E-state index in [0.29, 0.717) is 16.7 Å². The van der Waals surface area contributed by atoms with Gasteiger partial charge in [0.25, 0.3) is 5.91 Å². The van der Waals surface area contributed by atoms with Crippen LogP contribution in [0.15, 0.2) is 90.1 Å². The number of hydrogen-bond acceptors (Lipinski definition) is 6. The molecule has 0 amide bonds. The third kappa shape index (κ3) is 4.21. The summed E-state index contributed by atoms with van der Waals surface area (Å²) in [5.74, 6) is 0.744. The van der Waals surface area contributed by atoms with Crippen molar-refractivity contribution in [2.24, 2.45) is 0 Å². The minimum atomic E-state index is -0.159. The molecule has 2 aromatic heterocycles. The minimum Gasteiger partial charge on any atom is -0.508 e. The van der Waals surface area contributed by atoms with E-state index in [0.717, 1.165) is 22.3 Å². The van der Waals surface area contributed by atoms with E-state index >= 15 is 0 Å². The van der Waals surface area contributed by atoms with Gasteiger partial charge in [0.2, 0.25) is 0 Å². The molecule has 32 heavy (non-hydrogen) atoms. The lowest BCUT2D eigenvalue weighted by Crippen LogP contribution is -2.16. The maximum Gasteiger partial charge on any atom is 0.257 e. The van der Waals surface area contributed by atoms with Crippen LogP contribution in [0.5, 0.6) is 5.75 Å². The number of phenols is 1. The maximum atomic E-state index is 13.1. The summed E-state index contributed by atoms with van der Waals surface area (Å²) in [6, 6.07) is 25.9. The third-order valence-electron chi connectivity index (χ3n) is 4.85. The number of carbonyl (C=O) groups excluding carboxylic acids is 1. The lowest BCUT2D eigenvalue weighted by atomic mass is 10.1. The van der Waals surface area contributed by atoms with E-state index in [9.17, 15) is 9.90 Å². The van der Waals surface area contributed by atoms with E-state index in [1.54, 1.807) is 24.3 Å². The highest BCUT2D eigenvalue weighted by Crippen LogP contribution is 2.27. The van der Waals surface area contributed by atoms with Gasteiger partial charge in [-0.2, -0.15) is 4.68 Å². The molecule has 7 nitrogen and oxygen atoms in total. The topological polar surface area (TPSA) is 95.8 Å². The highest BCUT2D eigenvalue weighted by molar-refractivity contribution is 7.99. The van der Waals surface area contributed by atoms with Crippen LogP contribution in [-0.2, 0) is 0 Å². The molecule has 5 aromatic rings. The zero-order valence-corrected chi connectivity index (χ0v) is 17.7. The van der Waals surface area contributed by atoms with Crippen LogP contribution in [0.2, 0.25) is 0 Å². The number of aromatic amines is 1. The Balaban J connectivity index is 1.40. The molecule has 158 valence electrons. The van der Waals surface area contributed by atoms with Gasteiger partial charge in [-0.05, 0) is 36.4 Å². The fourth-order valence-corrected chi connectivity index (χ4v) is 4.06. The number of imidazole rings is 1. The van der Waals surface area contributed by atoms with Crippen molar-refractivity contribution < 1.29 is 9.90 Å². The first-order chi connectivity index (χ1) is 15.7. The monoisotopic (exact) mass is 441 g/mol. The van der Waals surface area contributed by atoms with Gasteiger partial charge in [0.05, 0.1) is 22.5 Å². The van der Waals surface area contributed by atoms with E-state index in [4.69, 9.17) is 0 Å². The van der Waals surface area contributed by atoms with Gasteiger partial charge in [-0.3, -0.25) is 4.79 Å². The second-order valence-corrected chi connectivity index (χ2v) is 8.07. The average molecular weight is 442 g/mol. The summed E-state index contributed by atoms with van der Waals surface area (Å²) in [5, 5.41) is 17.9. The van der Waals surface area contributed by atoms with Crippen LogP contribution in [0.4, 0.5) is 11.5 Å². The van der Waals surface area contributed by atoms with Gasteiger partial charge in [0.1, 0.15) is 5.75 Å². The van der Waals surface area contributed by atoms with Crippen molar-refractivity contribution in [3.63, 3.8) is 0 Å². The Hall–Kier alpha value is -4.04. The second-order valence-electron chi connectivity index (χ2n) is 7.11. The molecule has 0 saturated heterocycles. The number of fused-ring (bicyclic) bond motifs is 1. The predicted octanol–water partition coefficient (Wildman–Crippen LogP) is 5.31. The Labute approximate surface area is 188 Å². The average Bonchev–Trinajstić information content (AvgIpc) is 3.43. The molecule has 0 atom stereocenters. The number of thioether (sulfide) groups is 1.